The lowest BCUT2D eigenvalue weighted by molar-refractivity contribution is -0.148. The van der Waals surface area contributed by atoms with Crippen LogP contribution in [-0.4, -0.2) is 51.2 Å². The fourth-order valence-electron chi connectivity index (χ4n) is 4.38. The fourth-order valence-corrected chi connectivity index (χ4v) is 4.38. The van der Waals surface area contributed by atoms with Crippen LogP contribution in [0.2, 0.25) is 0 Å². The van der Waals surface area contributed by atoms with Gasteiger partial charge in [-0.05, 0) is 37.0 Å². The molecular weight excluding hydrogens is 488 g/mol. The first-order valence-corrected chi connectivity index (χ1v) is 13.9. The Morgan fingerprint density at radius 3 is 1.66 bits per heavy atom. The quantitative estimate of drug-likeness (QED) is 0.138. The molecule has 0 saturated carbocycles. The summed E-state index contributed by atoms with van der Waals surface area (Å²) in [6.45, 7) is 0.296. The van der Waals surface area contributed by atoms with E-state index in [9.17, 15) is 29.1 Å². The number of carboxylic acids is 2. The number of amides is 2. The fraction of sp³-hybridized carbons (Fsp3) is 0.621. The summed E-state index contributed by atoms with van der Waals surface area (Å²) in [5.41, 5.74) is 6.61. The molecular formula is C29H44N2O7. The van der Waals surface area contributed by atoms with E-state index < -0.39 is 29.8 Å². The molecule has 0 aliphatic heterocycles. The van der Waals surface area contributed by atoms with Crippen molar-refractivity contribution in [2.24, 2.45) is 5.73 Å². The third-order valence-corrected chi connectivity index (χ3v) is 6.61. The highest BCUT2D eigenvalue weighted by molar-refractivity contribution is 6.07. The van der Waals surface area contributed by atoms with Crippen LogP contribution in [0.25, 0.3) is 0 Å². The van der Waals surface area contributed by atoms with Crippen molar-refractivity contribution >= 4 is 30.0 Å². The van der Waals surface area contributed by atoms with Crippen molar-refractivity contribution in [3.63, 3.8) is 0 Å². The summed E-state index contributed by atoms with van der Waals surface area (Å²) in [4.78, 5) is 60.2. The maximum Gasteiger partial charge on any atom is 0.326 e. The molecule has 0 saturated heterocycles. The molecule has 9 nitrogen and oxygen atoms in total. The summed E-state index contributed by atoms with van der Waals surface area (Å²) < 4.78 is 0. The van der Waals surface area contributed by atoms with Gasteiger partial charge in [0.2, 0.25) is 5.91 Å². The zero-order valence-corrected chi connectivity index (χ0v) is 22.4. The average molecular weight is 533 g/mol. The Kier molecular flexibility index (Phi) is 17.3. The number of aliphatic carboxylic acids is 2. The predicted octanol–water partition coefficient (Wildman–Crippen LogP) is 5.09. The molecule has 0 aromatic heterocycles. The summed E-state index contributed by atoms with van der Waals surface area (Å²) in [6, 6.07) is 5.00. The number of rotatable bonds is 22. The van der Waals surface area contributed by atoms with E-state index >= 15 is 0 Å². The highest BCUT2D eigenvalue weighted by Gasteiger charge is 2.34. The highest BCUT2D eigenvalue weighted by atomic mass is 16.4. The van der Waals surface area contributed by atoms with Gasteiger partial charge in [0.15, 0.2) is 0 Å². The molecule has 9 heteroatoms. The van der Waals surface area contributed by atoms with Crippen LogP contribution in [0.15, 0.2) is 24.3 Å². The Balaban J connectivity index is 2.44. The zero-order valence-electron chi connectivity index (χ0n) is 22.4. The number of nitrogens with two attached hydrogens (primary N) is 1. The molecule has 1 rings (SSSR count). The first-order chi connectivity index (χ1) is 18.3. The molecule has 0 radical (unpaired) electrons. The van der Waals surface area contributed by atoms with Crippen molar-refractivity contribution in [1.29, 1.82) is 0 Å². The summed E-state index contributed by atoms with van der Waals surface area (Å²) in [5.74, 6) is -3.26. The Morgan fingerprint density at radius 1 is 0.763 bits per heavy atom. The van der Waals surface area contributed by atoms with Crippen LogP contribution in [0.1, 0.15) is 119 Å². The van der Waals surface area contributed by atoms with Crippen molar-refractivity contribution < 1.29 is 34.2 Å². The molecule has 212 valence electrons. The van der Waals surface area contributed by atoms with Crippen LogP contribution in [0.3, 0.4) is 0 Å². The second-order valence-corrected chi connectivity index (χ2v) is 9.70. The van der Waals surface area contributed by atoms with Gasteiger partial charge in [0, 0.05) is 31.4 Å². The lowest BCUT2D eigenvalue weighted by atomic mass is 10.0. The topological polar surface area (TPSA) is 155 Å². The first kappa shape index (κ1) is 33.0. The minimum atomic E-state index is -1.40. The SMILES string of the molecule is NCc1ccc(C(=O)N(C(=O)CCCCCCCCCCCCCCC(=O)O)[C@@H](CCC=O)C(=O)O)cc1. The van der Waals surface area contributed by atoms with E-state index in [-0.39, 0.29) is 31.2 Å². The molecule has 2 amide bonds. The number of aldehydes is 1. The average Bonchev–Trinajstić information content (AvgIpc) is 2.90. The van der Waals surface area contributed by atoms with Gasteiger partial charge >= 0.3 is 11.9 Å². The molecule has 4 N–H and O–H groups in total. The van der Waals surface area contributed by atoms with Gasteiger partial charge in [-0.1, -0.05) is 76.3 Å². The van der Waals surface area contributed by atoms with Crippen molar-refractivity contribution in [3.05, 3.63) is 35.4 Å². The number of benzene rings is 1. The van der Waals surface area contributed by atoms with E-state index in [2.05, 4.69) is 0 Å². The Hall–Kier alpha value is -3.07. The zero-order chi connectivity index (χ0) is 28.2. The number of carbonyl (C=O) groups is 5. The molecule has 0 unspecified atom stereocenters. The summed E-state index contributed by atoms with van der Waals surface area (Å²) in [7, 11) is 0. The minimum absolute atomic E-state index is 0.0646. The van der Waals surface area contributed by atoms with Gasteiger partial charge in [0.1, 0.15) is 12.3 Å². The number of unbranched alkanes of at least 4 members (excludes halogenated alkanes) is 11. The van der Waals surface area contributed by atoms with Gasteiger partial charge in [-0.2, -0.15) is 0 Å². The predicted molar refractivity (Wildman–Crippen MR) is 145 cm³/mol. The molecule has 0 aliphatic rings. The van der Waals surface area contributed by atoms with Crippen molar-refractivity contribution in [2.45, 2.75) is 115 Å². The van der Waals surface area contributed by atoms with Gasteiger partial charge in [0.05, 0.1) is 0 Å². The normalized spacial score (nSPS) is 11.6. The molecule has 0 fully saturated rings. The molecule has 1 aromatic rings. The van der Waals surface area contributed by atoms with Crippen LogP contribution in [-0.2, 0) is 25.7 Å². The standard InChI is InChI=1S/C29H44N2O7/c30-22-23-17-19-24(20-18-23)28(36)31(25(29(37)38)14-13-21-32)26(33)15-11-9-7-5-3-1-2-4-6-8-10-12-16-27(34)35/h17-21,25H,1-16,22,30H2,(H,34,35)(H,37,38)/t25-/m0/s1. The van der Waals surface area contributed by atoms with E-state index in [1.165, 1.54) is 12.1 Å². The molecule has 38 heavy (non-hydrogen) atoms. The number of hydrogen-bond acceptors (Lipinski definition) is 6. The van der Waals surface area contributed by atoms with E-state index in [1.54, 1.807) is 12.1 Å². The Bertz CT molecular complexity index is 870. The maximum absolute atomic E-state index is 13.2. The van der Waals surface area contributed by atoms with Gasteiger partial charge in [-0.3, -0.25) is 19.3 Å². The molecule has 0 bridgehead atoms. The highest BCUT2D eigenvalue weighted by Crippen LogP contribution is 2.18. The van der Waals surface area contributed by atoms with E-state index in [4.69, 9.17) is 10.8 Å². The van der Waals surface area contributed by atoms with Crippen LogP contribution >= 0.6 is 0 Å². The van der Waals surface area contributed by atoms with Crippen LogP contribution in [0.5, 0.6) is 0 Å². The summed E-state index contributed by atoms with van der Waals surface area (Å²) in [5, 5.41) is 18.3. The molecule has 0 heterocycles. The van der Waals surface area contributed by atoms with Crippen molar-refractivity contribution in [1.82, 2.24) is 4.90 Å². The summed E-state index contributed by atoms with van der Waals surface area (Å²) in [6.07, 6.45) is 12.6. The lowest BCUT2D eigenvalue weighted by Gasteiger charge is -2.27. The third kappa shape index (κ3) is 13.5. The van der Waals surface area contributed by atoms with Crippen LogP contribution in [0, 0.1) is 0 Å². The molecule has 1 atom stereocenters. The van der Waals surface area contributed by atoms with E-state index in [0.717, 1.165) is 81.1 Å². The number of hydrogen-bond donors (Lipinski definition) is 3. The second kappa shape index (κ2) is 20.0. The maximum atomic E-state index is 13.2. The van der Waals surface area contributed by atoms with Crippen LogP contribution in [0.4, 0.5) is 0 Å². The third-order valence-electron chi connectivity index (χ3n) is 6.61. The van der Waals surface area contributed by atoms with Crippen molar-refractivity contribution in [3.8, 4) is 0 Å². The lowest BCUT2D eigenvalue weighted by Crippen LogP contribution is -2.48. The number of carbonyl (C=O) groups excluding carboxylic acids is 3. The molecule has 0 spiro atoms. The van der Waals surface area contributed by atoms with E-state index in [0.29, 0.717) is 19.3 Å². The largest absolute Gasteiger partial charge is 0.481 e. The van der Waals surface area contributed by atoms with Gasteiger partial charge in [0.25, 0.3) is 5.91 Å². The Morgan fingerprint density at radius 2 is 1.24 bits per heavy atom. The molecule has 1 aromatic carbocycles. The first-order valence-electron chi connectivity index (χ1n) is 13.9. The van der Waals surface area contributed by atoms with Crippen LogP contribution < -0.4 is 5.73 Å². The number of carboxylic acid groups (broad SMARTS) is 2. The Labute approximate surface area is 225 Å². The van der Waals surface area contributed by atoms with E-state index in [1.807, 2.05) is 0 Å². The minimum Gasteiger partial charge on any atom is -0.481 e. The van der Waals surface area contributed by atoms with Crippen molar-refractivity contribution in [2.75, 3.05) is 0 Å². The van der Waals surface area contributed by atoms with Gasteiger partial charge in [-0.15, -0.1) is 0 Å². The summed E-state index contributed by atoms with van der Waals surface area (Å²) >= 11 is 0. The molecule has 0 aliphatic carbocycles. The number of nitrogens with zero attached hydrogens (tertiary/aromatic N) is 1. The monoisotopic (exact) mass is 532 g/mol. The number of imide groups is 1. The van der Waals surface area contributed by atoms with Gasteiger partial charge < -0.3 is 20.7 Å². The second-order valence-electron chi connectivity index (χ2n) is 9.70. The van der Waals surface area contributed by atoms with Gasteiger partial charge in [-0.25, -0.2) is 4.79 Å². The smallest absolute Gasteiger partial charge is 0.326 e.